The molecule has 1 aromatic carbocycles. The average Bonchev–Trinajstić information content (AvgIpc) is 3.35. The van der Waals surface area contributed by atoms with E-state index >= 15 is 0 Å². The predicted molar refractivity (Wildman–Crippen MR) is 115 cm³/mol. The van der Waals surface area contributed by atoms with E-state index in [1.54, 1.807) is 18.4 Å². The second-order valence-corrected chi connectivity index (χ2v) is 8.23. The third-order valence-electron chi connectivity index (χ3n) is 5.36. The monoisotopic (exact) mass is 411 g/mol. The summed E-state index contributed by atoms with van der Waals surface area (Å²) in [5, 5.41) is 13.6. The van der Waals surface area contributed by atoms with E-state index in [1.807, 2.05) is 24.3 Å². The number of carbonyl (C=O) groups excluding carboxylic acids is 1. The van der Waals surface area contributed by atoms with Crippen molar-refractivity contribution in [2.45, 2.75) is 26.7 Å². The second kappa shape index (κ2) is 8.24. The summed E-state index contributed by atoms with van der Waals surface area (Å²) in [4.78, 5) is 14.8. The minimum Gasteiger partial charge on any atom is -0.497 e. The van der Waals surface area contributed by atoms with Gasteiger partial charge < -0.3 is 15.0 Å². The van der Waals surface area contributed by atoms with Gasteiger partial charge in [0.2, 0.25) is 16.2 Å². The highest BCUT2D eigenvalue weighted by atomic mass is 32.1. The van der Waals surface area contributed by atoms with Crippen molar-refractivity contribution in [2.24, 2.45) is 5.92 Å². The lowest BCUT2D eigenvalue weighted by molar-refractivity contribution is -0.120. The van der Waals surface area contributed by atoms with Crippen molar-refractivity contribution in [3.8, 4) is 10.9 Å². The lowest BCUT2D eigenvalue weighted by atomic mass is 9.96. The van der Waals surface area contributed by atoms with Crippen molar-refractivity contribution < 1.29 is 9.53 Å². The molecule has 7 nitrogen and oxygen atoms in total. The van der Waals surface area contributed by atoms with Crippen LogP contribution in [0.25, 0.3) is 5.13 Å². The van der Waals surface area contributed by atoms with Crippen molar-refractivity contribution in [3.63, 3.8) is 0 Å². The van der Waals surface area contributed by atoms with Crippen LogP contribution < -0.4 is 15.0 Å². The van der Waals surface area contributed by atoms with Gasteiger partial charge in [-0.05, 0) is 63.1 Å². The SMILES string of the molecule is COc1ccc(NC(=O)C2CCN(c3nnc(-n4c(C)ccc4C)s3)CC2)cc1. The molecular formula is C21H25N5O2S. The predicted octanol–water partition coefficient (Wildman–Crippen LogP) is 3.81. The average molecular weight is 412 g/mol. The number of nitrogens with zero attached hydrogens (tertiary/aromatic N) is 4. The molecule has 3 aromatic rings. The van der Waals surface area contributed by atoms with Gasteiger partial charge in [-0.25, -0.2) is 0 Å². The molecule has 2 aromatic heterocycles. The highest BCUT2D eigenvalue weighted by molar-refractivity contribution is 7.17. The van der Waals surface area contributed by atoms with Crippen LogP contribution in [-0.4, -0.2) is 40.9 Å². The summed E-state index contributed by atoms with van der Waals surface area (Å²) >= 11 is 1.60. The van der Waals surface area contributed by atoms with Crippen LogP contribution in [-0.2, 0) is 4.79 Å². The minimum absolute atomic E-state index is 0.00896. The van der Waals surface area contributed by atoms with E-state index in [0.29, 0.717) is 0 Å². The minimum atomic E-state index is 0.00896. The number of hydrogen-bond acceptors (Lipinski definition) is 6. The first-order valence-corrected chi connectivity index (χ1v) is 10.6. The number of aromatic nitrogens is 3. The number of carbonyl (C=O) groups is 1. The zero-order valence-corrected chi connectivity index (χ0v) is 17.7. The fourth-order valence-electron chi connectivity index (χ4n) is 3.65. The van der Waals surface area contributed by atoms with Crippen LogP contribution in [0, 0.1) is 19.8 Å². The van der Waals surface area contributed by atoms with E-state index in [9.17, 15) is 4.79 Å². The maximum Gasteiger partial charge on any atom is 0.227 e. The van der Waals surface area contributed by atoms with Crippen LogP contribution in [0.4, 0.5) is 10.8 Å². The summed E-state index contributed by atoms with van der Waals surface area (Å²) < 4.78 is 7.27. The molecule has 0 atom stereocenters. The van der Waals surface area contributed by atoms with E-state index < -0.39 is 0 Å². The molecular weight excluding hydrogens is 386 g/mol. The Labute approximate surface area is 174 Å². The molecule has 8 heteroatoms. The molecule has 1 saturated heterocycles. The molecule has 0 unspecified atom stereocenters. The summed E-state index contributed by atoms with van der Waals surface area (Å²) in [6, 6.07) is 11.6. The molecule has 0 aliphatic carbocycles. The van der Waals surface area contributed by atoms with Crippen molar-refractivity contribution in [3.05, 3.63) is 47.8 Å². The number of benzene rings is 1. The molecule has 1 fully saturated rings. The zero-order chi connectivity index (χ0) is 20.4. The van der Waals surface area contributed by atoms with Gasteiger partial charge in [0, 0.05) is 36.1 Å². The van der Waals surface area contributed by atoms with Crippen molar-refractivity contribution >= 4 is 28.1 Å². The highest BCUT2D eigenvalue weighted by Crippen LogP contribution is 2.29. The Morgan fingerprint density at radius 3 is 2.28 bits per heavy atom. The summed E-state index contributed by atoms with van der Waals surface area (Å²) in [5.41, 5.74) is 3.10. The van der Waals surface area contributed by atoms with Crippen LogP contribution >= 0.6 is 11.3 Å². The number of nitrogens with one attached hydrogen (secondary N) is 1. The van der Waals surface area contributed by atoms with Crippen LogP contribution in [0.2, 0.25) is 0 Å². The first-order valence-electron chi connectivity index (χ1n) is 9.74. The Morgan fingerprint density at radius 1 is 1.03 bits per heavy atom. The molecule has 1 aliphatic rings. The van der Waals surface area contributed by atoms with Gasteiger partial charge in [-0.2, -0.15) is 0 Å². The van der Waals surface area contributed by atoms with Crippen LogP contribution in [0.5, 0.6) is 5.75 Å². The van der Waals surface area contributed by atoms with Gasteiger partial charge in [-0.3, -0.25) is 9.36 Å². The molecule has 152 valence electrons. The Bertz CT molecular complexity index is 967. The van der Waals surface area contributed by atoms with Gasteiger partial charge in [0.05, 0.1) is 7.11 Å². The largest absolute Gasteiger partial charge is 0.497 e. The third-order valence-corrected chi connectivity index (χ3v) is 6.33. The molecule has 4 rings (SSSR count). The standard InChI is InChI=1S/C21H25N5O2S/c1-14-4-5-15(2)26(14)21-24-23-20(29-21)25-12-10-16(11-13-25)19(27)22-17-6-8-18(28-3)9-7-17/h4-9,16H,10-13H2,1-3H3,(H,22,27). The maximum absolute atomic E-state index is 12.6. The Kier molecular flexibility index (Phi) is 5.53. The molecule has 0 spiro atoms. The smallest absolute Gasteiger partial charge is 0.227 e. The van der Waals surface area contributed by atoms with E-state index in [4.69, 9.17) is 4.74 Å². The van der Waals surface area contributed by atoms with Gasteiger partial charge in [0.15, 0.2) is 0 Å². The zero-order valence-electron chi connectivity index (χ0n) is 16.9. The topological polar surface area (TPSA) is 72.3 Å². The molecule has 0 bridgehead atoms. The fourth-order valence-corrected chi connectivity index (χ4v) is 4.67. The van der Waals surface area contributed by atoms with Crippen LogP contribution in [0.3, 0.4) is 0 Å². The molecule has 1 aliphatic heterocycles. The lowest BCUT2D eigenvalue weighted by Crippen LogP contribution is -2.38. The number of aryl methyl sites for hydroxylation is 2. The van der Waals surface area contributed by atoms with Gasteiger partial charge in [0.1, 0.15) is 5.75 Å². The fraction of sp³-hybridized carbons (Fsp3) is 0.381. The van der Waals surface area contributed by atoms with Gasteiger partial charge >= 0.3 is 0 Å². The van der Waals surface area contributed by atoms with E-state index in [-0.39, 0.29) is 11.8 Å². The van der Waals surface area contributed by atoms with Crippen molar-refractivity contribution in [1.82, 2.24) is 14.8 Å². The quantitative estimate of drug-likeness (QED) is 0.691. The first-order chi connectivity index (χ1) is 14.0. The normalized spacial score (nSPS) is 14.8. The van der Waals surface area contributed by atoms with Crippen molar-refractivity contribution in [1.29, 1.82) is 0 Å². The molecule has 0 radical (unpaired) electrons. The maximum atomic E-state index is 12.6. The van der Waals surface area contributed by atoms with E-state index in [2.05, 4.69) is 51.0 Å². The molecule has 3 heterocycles. The Hall–Kier alpha value is -2.87. The molecule has 1 N–H and O–H groups in total. The van der Waals surface area contributed by atoms with Crippen LogP contribution in [0.1, 0.15) is 24.2 Å². The number of amides is 1. The number of ether oxygens (including phenoxy) is 1. The first kappa shape index (κ1) is 19.4. The van der Waals surface area contributed by atoms with Crippen molar-refractivity contribution in [2.75, 3.05) is 30.4 Å². The summed E-state index contributed by atoms with van der Waals surface area (Å²) in [7, 11) is 1.63. The third kappa shape index (κ3) is 4.12. The molecule has 29 heavy (non-hydrogen) atoms. The molecule has 1 amide bonds. The second-order valence-electron chi connectivity index (χ2n) is 7.30. The summed E-state index contributed by atoms with van der Waals surface area (Å²) in [6.45, 7) is 5.75. The van der Waals surface area contributed by atoms with Gasteiger partial charge in [-0.15, -0.1) is 10.2 Å². The summed E-state index contributed by atoms with van der Waals surface area (Å²) in [5.74, 6) is 0.860. The Morgan fingerprint density at radius 2 is 1.66 bits per heavy atom. The van der Waals surface area contributed by atoms with Gasteiger partial charge in [-0.1, -0.05) is 11.3 Å². The number of anilines is 2. The molecule has 0 saturated carbocycles. The van der Waals surface area contributed by atoms with E-state index in [0.717, 1.165) is 59.0 Å². The lowest BCUT2D eigenvalue weighted by Gasteiger charge is -2.30. The summed E-state index contributed by atoms with van der Waals surface area (Å²) in [6.07, 6.45) is 1.61. The Balaban J connectivity index is 1.35. The van der Waals surface area contributed by atoms with Crippen LogP contribution in [0.15, 0.2) is 36.4 Å². The number of methoxy groups -OCH3 is 1. The number of hydrogen-bond donors (Lipinski definition) is 1. The number of rotatable bonds is 5. The highest BCUT2D eigenvalue weighted by Gasteiger charge is 2.27. The van der Waals surface area contributed by atoms with E-state index in [1.165, 1.54) is 0 Å². The number of piperidine rings is 1. The van der Waals surface area contributed by atoms with Gasteiger partial charge in [0.25, 0.3) is 0 Å².